The molecule has 2 aromatic carbocycles. The van der Waals surface area contributed by atoms with Gasteiger partial charge in [0.25, 0.3) is 0 Å². The first-order chi connectivity index (χ1) is 9.86. The zero-order valence-electron chi connectivity index (χ0n) is 10.8. The molecule has 0 spiro atoms. The molecule has 2 nitrogen and oxygen atoms in total. The molecule has 3 rings (SSSR count). The first-order valence-corrected chi connectivity index (χ1v) is 6.39. The van der Waals surface area contributed by atoms with Crippen LogP contribution in [0, 0.1) is 11.3 Å². The SMILES string of the molecule is N#CC(=Cc1ccc2ccccc2c1)c1ccccn1. The van der Waals surface area contributed by atoms with E-state index in [0.717, 1.165) is 5.56 Å². The molecule has 1 heterocycles. The van der Waals surface area contributed by atoms with E-state index < -0.39 is 0 Å². The lowest BCUT2D eigenvalue weighted by molar-refractivity contribution is 1.28. The van der Waals surface area contributed by atoms with Crippen molar-refractivity contribution in [2.45, 2.75) is 0 Å². The number of fused-ring (bicyclic) bond motifs is 1. The van der Waals surface area contributed by atoms with Crippen LogP contribution in [0.5, 0.6) is 0 Å². The van der Waals surface area contributed by atoms with E-state index >= 15 is 0 Å². The van der Waals surface area contributed by atoms with Crippen molar-refractivity contribution in [2.75, 3.05) is 0 Å². The molecule has 94 valence electrons. The number of nitriles is 1. The second-order valence-corrected chi connectivity index (χ2v) is 4.49. The third-order valence-electron chi connectivity index (χ3n) is 3.15. The summed E-state index contributed by atoms with van der Waals surface area (Å²) in [5, 5.41) is 11.7. The van der Waals surface area contributed by atoms with Gasteiger partial charge in [-0.2, -0.15) is 5.26 Å². The number of benzene rings is 2. The summed E-state index contributed by atoms with van der Waals surface area (Å²) in [6.45, 7) is 0. The van der Waals surface area contributed by atoms with Gasteiger partial charge in [0, 0.05) is 6.20 Å². The Labute approximate surface area is 117 Å². The Hall–Kier alpha value is -2.92. The van der Waals surface area contributed by atoms with Crippen molar-refractivity contribution in [2.24, 2.45) is 0 Å². The Balaban J connectivity index is 2.06. The van der Waals surface area contributed by atoms with Gasteiger partial charge in [0.1, 0.15) is 6.07 Å². The topological polar surface area (TPSA) is 36.7 Å². The van der Waals surface area contributed by atoms with Crippen LogP contribution in [0.2, 0.25) is 0 Å². The Kier molecular flexibility index (Phi) is 3.26. The van der Waals surface area contributed by atoms with Gasteiger partial charge in [0.15, 0.2) is 0 Å². The van der Waals surface area contributed by atoms with Crippen molar-refractivity contribution in [3.63, 3.8) is 0 Å². The number of allylic oxidation sites excluding steroid dienone is 1. The summed E-state index contributed by atoms with van der Waals surface area (Å²) < 4.78 is 0. The van der Waals surface area contributed by atoms with Crippen LogP contribution in [0.1, 0.15) is 11.3 Å². The van der Waals surface area contributed by atoms with Gasteiger partial charge in [-0.1, -0.05) is 42.5 Å². The predicted octanol–water partition coefficient (Wildman–Crippen LogP) is 4.30. The molecule has 3 aromatic rings. The van der Waals surface area contributed by atoms with Gasteiger partial charge in [0.05, 0.1) is 11.3 Å². The van der Waals surface area contributed by atoms with E-state index in [9.17, 15) is 5.26 Å². The molecule has 0 fully saturated rings. The highest BCUT2D eigenvalue weighted by atomic mass is 14.7. The highest BCUT2D eigenvalue weighted by Crippen LogP contribution is 2.20. The number of hydrogen-bond donors (Lipinski definition) is 0. The van der Waals surface area contributed by atoms with Crippen molar-refractivity contribution in [3.05, 3.63) is 78.1 Å². The zero-order valence-corrected chi connectivity index (χ0v) is 10.8. The van der Waals surface area contributed by atoms with E-state index in [2.05, 4.69) is 35.3 Å². The van der Waals surface area contributed by atoms with Crippen LogP contribution in [0.25, 0.3) is 22.4 Å². The summed E-state index contributed by atoms with van der Waals surface area (Å²) >= 11 is 0. The van der Waals surface area contributed by atoms with E-state index in [4.69, 9.17) is 0 Å². The van der Waals surface area contributed by atoms with Gasteiger partial charge in [-0.3, -0.25) is 4.98 Å². The molecule has 2 heteroatoms. The zero-order chi connectivity index (χ0) is 13.8. The maximum atomic E-state index is 9.30. The Morgan fingerprint density at radius 3 is 2.50 bits per heavy atom. The molecule has 0 bridgehead atoms. The maximum absolute atomic E-state index is 9.30. The molecule has 0 radical (unpaired) electrons. The van der Waals surface area contributed by atoms with E-state index in [0.29, 0.717) is 11.3 Å². The largest absolute Gasteiger partial charge is 0.256 e. The lowest BCUT2D eigenvalue weighted by Crippen LogP contribution is -1.86. The van der Waals surface area contributed by atoms with E-state index in [1.807, 2.05) is 42.5 Å². The van der Waals surface area contributed by atoms with Gasteiger partial charge in [0.2, 0.25) is 0 Å². The minimum atomic E-state index is 0.570. The van der Waals surface area contributed by atoms with Crippen molar-refractivity contribution in [1.82, 2.24) is 4.98 Å². The van der Waals surface area contributed by atoms with Crippen LogP contribution in [0.3, 0.4) is 0 Å². The molecule has 0 atom stereocenters. The number of pyridine rings is 1. The lowest BCUT2D eigenvalue weighted by atomic mass is 10.0. The number of aromatic nitrogens is 1. The Bertz CT molecular complexity index is 811. The number of hydrogen-bond acceptors (Lipinski definition) is 2. The summed E-state index contributed by atoms with van der Waals surface area (Å²) in [5.74, 6) is 0. The van der Waals surface area contributed by atoms with Gasteiger partial charge < -0.3 is 0 Å². The third-order valence-corrected chi connectivity index (χ3v) is 3.15. The molecule has 1 aromatic heterocycles. The highest BCUT2D eigenvalue weighted by Gasteiger charge is 2.02. The first-order valence-electron chi connectivity index (χ1n) is 6.39. The van der Waals surface area contributed by atoms with E-state index in [1.165, 1.54) is 10.8 Å². The molecule has 0 aliphatic heterocycles. The van der Waals surface area contributed by atoms with Crippen LogP contribution in [-0.2, 0) is 0 Å². The Morgan fingerprint density at radius 2 is 1.75 bits per heavy atom. The fourth-order valence-electron chi connectivity index (χ4n) is 2.15. The van der Waals surface area contributed by atoms with Crippen molar-refractivity contribution >= 4 is 22.4 Å². The van der Waals surface area contributed by atoms with E-state index in [1.54, 1.807) is 6.20 Å². The molecular formula is C18H12N2. The lowest BCUT2D eigenvalue weighted by Gasteiger charge is -2.01. The normalized spacial score (nSPS) is 11.2. The smallest absolute Gasteiger partial charge is 0.101 e. The average molecular weight is 256 g/mol. The molecule has 0 saturated carbocycles. The molecule has 0 aliphatic carbocycles. The monoisotopic (exact) mass is 256 g/mol. The molecule has 0 N–H and O–H groups in total. The quantitative estimate of drug-likeness (QED) is 0.641. The van der Waals surface area contributed by atoms with Crippen molar-refractivity contribution in [1.29, 1.82) is 5.26 Å². The fraction of sp³-hybridized carbons (Fsp3) is 0. The standard InChI is InChI=1S/C18H12N2/c19-13-17(18-7-3-4-10-20-18)12-14-8-9-15-5-1-2-6-16(15)11-14/h1-12H. The number of rotatable bonds is 2. The third kappa shape index (κ3) is 2.43. The average Bonchev–Trinajstić information content (AvgIpc) is 2.53. The van der Waals surface area contributed by atoms with Crippen LogP contribution < -0.4 is 0 Å². The minimum Gasteiger partial charge on any atom is -0.256 e. The number of nitrogens with zero attached hydrogens (tertiary/aromatic N) is 2. The second-order valence-electron chi connectivity index (χ2n) is 4.49. The predicted molar refractivity (Wildman–Crippen MR) is 81.7 cm³/mol. The van der Waals surface area contributed by atoms with Crippen LogP contribution >= 0.6 is 0 Å². The van der Waals surface area contributed by atoms with Crippen LogP contribution in [-0.4, -0.2) is 4.98 Å². The summed E-state index contributed by atoms with van der Waals surface area (Å²) in [7, 11) is 0. The summed E-state index contributed by atoms with van der Waals surface area (Å²) in [6.07, 6.45) is 3.57. The molecule has 0 aliphatic rings. The molecule has 0 unspecified atom stereocenters. The van der Waals surface area contributed by atoms with Crippen LogP contribution in [0.4, 0.5) is 0 Å². The fourth-order valence-corrected chi connectivity index (χ4v) is 2.15. The van der Waals surface area contributed by atoms with Crippen molar-refractivity contribution < 1.29 is 0 Å². The van der Waals surface area contributed by atoms with E-state index in [-0.39, 0.29) is 0 Å². The van der Waals surface area contributed by atoms with Gasteiger partial charge in [-0.05, 0) is 40.6 Å². The highest BCUT2D eigenvalue weighted by molar-refractivity contribution is 5.91. The molecular weight excluding hydrogens is 244 g/mol. The summed E-state index contributed by atoms with van der Waals surface area (Å²) in [4.78, 5) is 4.22. The van der Waals surface area contributed by atoms with Gasteiger partial charge >= 0.3 is 0 Å². The molecule has 0 amide bonds. The minimum absolute atomic E-state index is 0.570. The second kappa shape index (κ2) is 5.38. The first kappa shape index (κ1) is 12.1. The Morgan fingerprint density at radius 1 is 0.950 bits per heavy atom. The van der Waals surface area contributed by atoms with Gasteiger partial charge in [-0.25, -0.2) is 0 Å². The maximum Gasteiger partial charge on any atom is 0.101 e. The summed E-state index contributed by atoms with van der Waals surface area (Å²) in [5.41, 5.74) is 2.27. The van der Waals surface area contributed by atoms with Crippen LogP contribution in [0.15, 0.2) is 66.9 Å². The summed E-state index contributed by atoms with van der Waals surface area (Å²) in [6, 6.07) is 22.1. The van der Waals surface area contributed by atoms with Gasteiger partial charge in [-0.15, -0.1) is 0 Å². The van der Waals surface area contributed by atoms with Crippen molar-refractivity contribution in [3.8, 4) is 6.07 Å². The molecule has 20 heavy (non-hydrogen) atoms. The molecule has 0 saturated heterocycles.